The molecule has 9 heteroatoms. The van der Waals surface area contributed by atoms with Crippen molar-refractivity contribution >= 4 is 27.3 Å². The second kappa shape index (κ2) is 9.94. The van der Waals surface area contributed by atoms with Crippen LogP contribution in [0.5, 0.6) is 11.5 Å². The first kappa shape index (κ1) is 22.1. The van der Waals surface area contributed by atoms with Crippen LogP contribution in [0.25, 0.3) is 0 Å². The number of pyridine rings is 1. The van der Waals surface area contributed by atoms with Crippen LogP contribution in [0.15, 0.2) is 78.0 Å². The van der Waals surface area contributed by atoms with Gasteiger partial charge < -0.3 is 14.8 Å². The molecule has 0 saturated heterocycles. The molecule has 0 aliphatic carbocycles. The Balaban J connectivity index is 1.65. The van der Waals surface area contributed by atoms with Crippen LogP contribution in [0.1, 0.15) is 13.3 Å². The first-order chi connectivity index (χ1) is 14.9. The van der Waals surface area contributed by atoms with E-state index in [9.17, 15) is 13.2 Å². The molecule has 2 N–H and O–H groups in total. The molecule has 0 saturated carbocycles. The molecule has 0 radical (unpaired) electrons. The number of amides is 1. The van der Waals surface area contributed by atoms with Crippen molar-refractivity contribution in [3.8, 4) is 11.5 Å². The normalized spacial score (nSPS) is 11.9. The van der Waals surface area contributed by atoms with Crippen LogP contribution in [-0.2, 0) is 14.8 Å². The monoisotopic (exact) mass is 441 g/mol. The van der Waals surface area contributed by atoms with Crippen LogP contribution in [0, 0.1) is 0 Å². The topological polar surface area (TPSA) is 107 Å². The van der Waals surface area contributed by atoms with Crippen LogP contribution < -0.4 is 19.5 Å². The number of carbonyl (C=O) groups is 1. The summed E-state index contributed by atoms with van der Waals surface area (Å²) >= 11 is 0. The SMILES string of the molecule is CC[C@@H](Oc1cccc(OC)c1)C(=O)Nc1ccc(S(=O)(=O)Nc2cccnc2)cc1. The molecule has 31 heavy (non-hydrogen) atoms. The average molecular weight is 442 g/mol. The van der Waals surface area contributed by atoms with Gasteiger partial charge in [0, 0.05) is 18.0 Å². The first-order valence-corrected chi connectivity index (χ1v) is 11.0. The Bertz CT molecular complexity index is 1120. The maximum absolute atomic E-state index is 12.6. The van der Waals surface area contributed by atoms with Crippen molar-refractivity contribution in [3.05, 3.63) is 73.1 Å². The number of methoxy groups -OCH3 is 1. The Labute approximate surface area is 181 Å². The van der Waals surface area contributed by atoms with Crippen molar-refractivity contribution in [1.82, 2.24) is 4.98 Å². The molecule has 1 atom stereocenters. The van der Waals surface area contributed by atoms with E-state index in [2.05, 4.69) is 15.0 Å². The summed E-state index contributed by atoms with van der Waals surface area (Å²) in [7, 11) is -2.21. The molecule has 0 unspecified atom stereocenters. The van der Waals surface area contributed by atoms with Gasteiger partial charge in [0.1, 0.15) is 11.5 Å². The van der Waals surface area contributed by atoms with Crippen molar-refractivity contribution in [2.75, 3.05) is 17.1 Å². The molecule has 162 valence electrons. The van der Waals surface area contributed by atoms with E-state index in [1.165, 1.54) is 30.5 Å². The van der Waals surface area contributed by atoms with Gasteiger partial charge in [-0.2, -0.15) is 0 Å². The number of hydrogen-bond acceptors (Lipinski definition) is 6. The van der Waals surface area contributed by atoms with Crippen molar-refractivity contribution in [2.45, 2.75) is 24.3 Å². The summed E-state index contributed by atoms with van der Waals surface area (Å²) in [5.74, 6) is 0.808. The fraction of sp³-hybridized carbons (Fsp3) is 0.182. The molecule has 8 nitrogen and oxygen atoms in total. The predicted octanol–water partition coefficient (Wildman–Crippen LogP) is 3.69. The highest BCUT2D eigenvalue weighted by molar-refractivity contribution is 7.92. The van der Waals surface area contributed by atoms with E-state index in [0.29, 0.717) is 29.3 Å². The Hall–Kier alpha value is -3.59. The van der Waals surface area contributed by atoms with Crippen LogP contribution >= 0.6 is 0 Å². The van der Waals surface area contributed by atoms with Crippen LogP contribution in [0.3, 0.4) is 0 Å². The van der Waals surface area contributed by atoms with Crippen molar-refractivity contribution in [2.24, 2.45) is 0 Å². The van der Waals surface area contributed by atoms with Gasteiger partial charge in [0.25, 0.3) is 15.9 Å². The Kier molecular flexibility index (Phi) is 7.09. The Morgan fingerprint density at radius 3 is 2.42 bits per heavy atom. The smallest absolute Gasteiger partial charge is 0.265 e. The summed E-state index contributed by atoms with van der Waals surface area (Å²) in [4.78, 5) is 16.6. The number of carbonyl (C=O) groups excluding carboxylic acids is 1. The molecule has 0 aliphatic heterocycles. The molecular weight excluding hydrogens is 418 g/mol. The van der Waals surface area contributed by atoms with Gasteiger partial charge in [-0.05, 0) is 55.0 Å². The molecule has 3 rings (SSSR count). The second-order valence-electron chi connectivity index (χ2n) is 6.55. The number of ether oxygens (including phenoxy) is 2. The summed E-state index contributed by atoms with van der Waals surface area (Å²) in [6.07, 6.45) is 2.70. The lowest BCUT2D eigenvalue weighted by Crippen LogP contribution is -2.32. The third-order valence-corrected chi connectivity index (χ3v) is 5.73. The predicted molar refractivity (Wildman–Crippen MR) is 118 cm³/mol. The maximum Gasteiger partial charge on any atom is 0.265 e. The lowest BCUT2D eigenvalue weighted by molar-refractivity contribution is -0.122. The minimum Gasteiger partial charge on any atom is -0.497 e. The van der Waals surface area contributed by atoms with Gasteiger partial charge in [0.2, 0.25) is 0 Å². The minimum absolute atomic E-state index is 0.0639. The number of nitrogens with zero attached hydrogens (tertiary/aromatic N) is 1. The highest BCUT2D eigenvalue weighted by Gasteiger charge is 2.20. The van der Waals surface area contributed by atoms with Crippen LogP contribution in [-0.4, -0.2) is 32.5 Å². The van der Waals surface area contributed by atoms with E-state index in [0.717, 1.165) is 0 Å². The molecule has 3 aromatic rings. The largest absolute Gasteiger partial charge is 0.497 e. The lowest BCUT2D eigenvalue weighted by atomic mass is 10.2. The zero-order valence-electron chi connectivity index (χ0n) is 17.1. The number of hydrogen-bond donors (Lipinski definition) is 2. The van der Waals surface area contributed by atoms with Gasteiger partial charge in [-0.25, -0.2) is 8.42 Å². The van der Waals surface area contributed by atoms with E-state index in [1.807, 2.05) is 6.92 Å². The summed E-state index contributed by atoms with van der Waals surface area (Å²) in [6, 6.07) is 16.1. The van der Waals surface area contributed by atoms with Crippen molar-refractivity contribution in [3.63, 3.8) is 0 Å². The van der Waals surface area contributed by atoms with Gasteiger partial charge in [0.15, 0.2) is 6.10 Å². The lowest BCUT2D eigenvalue weighted by Gasteiger charge is -2.18. The van der Waals surface area contributed by atoms with E-state index < -0.39 is 16.1 Å². The van der Waals surface area contributed by atoms with Crippen LogP contribution in [0.2, 0.25) is 0 Å². The molecule has 1 aromatic heterocycles. The van der Waals surface area contributed by atoms with E-state index in [4.69, 9.17) is 9.47 Å². The average Bonchev–Trinajstić information content (AvgIpc) is 2.78. The number of sulfonamides is 1. The number of aromatic nitrogens is 1. The van der Waals surface area contributed by atoms with Crippen LogP contribution in [0.4, 0.5) is 11.4 Å². The highest BCUT2D eigenvalue weighted by atomic mass is 32.2. The number of rotatable bonds is 9. The fourth-order valence-electron chi connectivity index (χ4n) is 2.74. The third-order valence-electron chi connectivity index (χ3n) is 4.33. The molecular formula is C22H23N3O5S. The molecule has 0 fully saturated rings. The summed E-state index contributed by atoms with van der Waals surface area (Å²) in [5, 5.41) is 2.75. The standard InChI is InChI=1S/C22H23N3O5S/c1-3-21(30-19-8-4-7-18(14-19)29-2)22(26)24-16-9-11-20(12-10-16)31(27,28)25-17-6-5-13-23-15-17/h4-15,21,25H,3H2,1-2H3,(H,24,26)/t21-/m1/s1. The molecule has 2 aromatic carbocycles. The zero-order chi connectivity index (χ0) is 22.3. The van der Waals surface area contributed by atoms with Crippen molar-refractivity contribution < 1.29 is 22.7 Å². The molecule has 1 heterocycles. The minimum atomic E-state index is -3.77. The molecule has 0 bridgehead atoms. The Morgan fingerprint density at radius 1 is 1.03 bits per heavy atom. The van der Waals surface area contributed by atoms with Gasteiger partial charge in [-0.3, -0.25) is 14.5 Å². The van der Waals surface area contributed by atoms with Crippen molar-refractivity contribution in [1.29, 1.82) is 0 Å². The summed E-state index contributed by atoms with van der Waals surface area (Å²) < 4.78 is 38.4. The number of nitrogens with one attached hydrogen (secondary N) is 2. The van der Waals surface area contributed by atoms with Gasteiger partial charge in [-0.15, -0.1) is 0 Å². The van der Waals surface area contributed by atoms with Gasteiger partial charge in [0.05, 0.1) is 23.9 Å². The number of anilines is 2. The van der Waals surface area contributed by atoms with Gasteiger partial charge in [-0.1, -0.05) is 13.0 Å². The summed E-state index contributed by atoms with van der Waals surface area (Å²) in [5.41, 5.74) is 0.818. The molecule has 1 amide bonds. The zero-order valence-corrected chi connectivity index (χ0v) is 17.9. The molecule has 0 aliphatic rings. The second-order valence-corrected chi connectivity index (χ2v) is 8.24. The summed E-state index contributed by atoms with van der Waals surface area (Å²) in [6.45, 7) is 1.84. The Morgan fingerprint density at radius 2 is 1.77 bits per heavy atom. The fourth-order valence-corrected chi connectivity index (χ4v) is 3.78. The molecule has 0 spiro atoms. The van der Waals surface area contributed by atoms with E-state index in [1.54, 1.807) is 49.7 Å². The first-order valence-electron chi connectivity index (χ1n) is 9.56. The van der Waals surface area contributed by atoms with E-state index in [-0.39, 0.29) is 10.8 Å². The third kappa shape index (κ3) is 5.95. The number of benzene rings is 2. The van der Waals surface area contributed by atoms with Gasteiger partial charge >= 0.3 is 0 Å². The maximum atomic E-state index is 12.6. The van der Waals surface area contributed by atoms with E-state index >= 15 is 0 Å². The highest BCUT2D eigenvalue weighted by Crippen LogP contribution is 2.22. The quantitative estimate of drug-likeness (QED) is 0.525.